The molecule has 0 unspecified atom stereocenters. The van der Waals surface area contributed by atoms with Gasteiger partial charge in [-0.3, -0.25) is 0 Å². The van der Waals surface area contributed by atoms with Gasteiger partial charge in [0.2, 0.25) is 5.90 Å². The molecule has 0 spiro atoms. The largest absolute Gasteiger partial charge is 0.493 e. The number of hydrogen-bond donors (Lipinski definition) is 0. The molecule has 3 rings (SSSR count). The number of hydrogen-bond acceptors (Lipinski definition) is 5. The summed E-state index contributed by atoms with van der Waals surface area (Å²) in [5.41, 5.74) is 2.95. The second kappa shape index (κ2) is 8.56. The van der Waals surface area contributed by atoms with Gasteiger partial charge in [-0.25, -0.2) is 9.79 Å². The second-order valence-electron chi connectivity index (χ2n) is 6.08. The van der Waals surface area contributed by atoms with Gasteiger partial charge >= 0.3 is 5.97 Å². The highest BCUT2D eigenvalue weighted by Crippen LogP contribution is 2.35. The van der Waals surface area contributed by atoms with Gasteiger partial charge in [-0.15, -0.1) is 0 Å². The summed E-state index contributed by atoms with van der Waals surface area (Å²) in [6, 6.07) is 11.4. The van der Waals surface area contributed by atoms with Crippen molar-refractivity contribution in [1.29, 1.82) is 0 Å². The van der Waals surface area contributed by atoms with Gasteiger partial charge in [-0.2, -0.15) is 0 Å². The van der Waals surface area contributed by atoms with E-state index >= 15 is 0 Å². The van der Waals surface area contributed by atoms with Crippen LogP contribution in [0.3, 0.4) is 0 Å². The minimum atomic E-state index is -0.467. The first-order chi connectivity index (χ1) is 13.0. The van der Waals surface area contributed by atoms with E-state index in [0.29, 0.717) is 24.0 Å². The number of aliphatic imine (C=N–C) groups is 1. The molecule has 5 nitrogen and oxygen atoms in total. The number of methoxy groups -OCH3 is 1. The number of cyclic esters (lactones) is 1. The van der Waals surface area contributed by atoms with E-state index in [1.54, 1.807) is 13.2 Å². The van der Waals surface area contributed by atoms with E-state index in [9.17, 15) is 4.79 Å². The molecule has 0 bridgehead atoms. The number of aryl methyl sites for hydroxylation is 1. The fraction of sp³-hybridized carbons (Fsp3) is 0.238. The standard InChI is InChI=1S/C21H20INO4/c1-4-9-26-19-16(22)10-14(12-18(19)25-3)11-17-21(24)27-20(23-17)15-7-5-13(2)6-8-15/h5-8,10-12H,4,9H2,1-3H3/b17-11-. The molecule has 0 radical (unpaired) electrons. The van der Waals surface area contributed by atoms with E-state index in [0.717, 1.165) is 26.7 Å². The predicted molar refractivity (Wildman–Crippen MR) is 113 cm³/mol. The van der Waals surface area contributed by atoms with Crippen molar-refractivity contribution < 1.29 is 19.0 Å². The van der Waals surface area contributed by atoms with Crippen LogP contribution in [-0.2, 0) is 9.53 Å². The summed E-state index contributed by atoms with van der Waals surface area (Å²) >= 11 is 2.20. The number of halogens is 1. The number of carbonyl (C=O) groups excluding carboxylic acids is 1. The highest BCUT2D eigenvalue weighted by Gasteiger charge is 2.24. The number of benzene rings is 2. The Bertz CT molecular complexity index is 917. The Hall–Kier alpha value is -2.35. The van der Waals surface area contributed by atoms with Crippen molar-refractivity contribution in [3.63, 3.8) is 0 Å². The molecule has 0 saturated carbocycles. The molecule has 0 fully saturated rings. The van der Waals surface area contributed by atoms with Gasteiger partial charge < -0.3 is 14.2 Å². The Kier molecular flexibility index (Phi) is 6.15. The molecule has 1 aliphatic heterocycles. The van der Waals surface area contributed by atoms with Crippen LogP contribution < -0.4 is 9.47 Å². The average Bonchev–Trinajstić information content (AvgIpc) is 3.01. The van der Waals surface area contributed by atoms with E-state index < -0.39 is 5.97 Å². The third kappa shape index (κ3) is 4.50. The molecule has 2 aromatic rings. The van der Waals surface area contributed by atoms with Gasteiger partial charge in [-0.05, 0) is 71.8 Å². The number of ether oxygens (including phenoxy) is 3. The minimum Gasteiger partial charge on any atom is -0.493 e. The number of rotatable bonds is 6. The van der Waals surface area contributed by atoms with Crippen LogP contribution >= 0.6 is 22.6 Å². The van der Waals surface area contributed by atoms with Crippen molar-refractivity contribution in [2.75, 3.05) is 13.7 Å². The smallest absolute Gasteiger partial charge is 0.363 e. The van der Waals surface area contributed by atoms with E-state index in [-0.39, 0.29) is 5.70 Å². The Morgan fingerprint density at radius 3 is 2.63 bits per heavy atom. The number of carbonyl (C=O) groups is 1. The zero-order valence-corrected chi connectivity index (χ0v) is 17.6. The zero-order valence-electron chi connectivity index (χ0n) is 15.4. The first-order valence-electron chi connectivity index (χ1n) is 8.61. The molecule has 0 aliphatic carbocycles. The summed E-state index contributed by atoms with van der Waals surface area (Å²) in [5.74, 6) is 1.18. The van der Waals surface area contributed by atoms with E-state index in [1.165, 1.54) is 0 Å². The van der Waals surface area contributed by atoms with Gasteiger partial charge in [0.1, 0.15) is 0 Å². The summed E-state index contributed by atoms with van der Waals surface area (Å²) < 4.78 is 17.4. The molecular weight excluding hydrogens is 457 g/mol. The molecule has 27 heavy (non-hydrogen) atoms. The van der Waals surface area contributed by atoms with Gasteiger partial charge in [0.15, 0.2) is 17.2 Å². The molecule has 140 valence electrons. The predicted octanol–water partition coefficient (Wildman–Crippen LogP) is 4.74. The summed E-state index contributed by atoms with van der Waals surface area (Å²) in [7, 11) is 1.60. The number of nitrogens with zero attached hydrogens (tertiary/aromatic N) is 1. The van der Waals surface area contributed by atoms with Crippen molar-refractivity contribution in [3.05, 3.63) is 62.4 Å². The Morgan fingerprint density at radius 1 is 1.22 bits per heavy atom. The minimum absolute atomic E-state index is 0.255. The second-order valence-corrected chi connectivity index (χ2v) is 7.25. The third-order valence-electron chi connectivity index (χ3n) is 3.92. The van der Waals surface area contributed by atoms with Crippen LogP contribution in [0.2, 0.25) is 0 Å². The zero-order chi connectivity index (χ0) is 19.4. The highest BCUT2D eigenvalue weighted by atomic mass is 127. The van der Waals surface area contributed by atoms with Gasteiger partial charge in [0.25, 0.3) is 0 Å². The molecule has 1 heterocycles. The molecule has 0 atom stereocenters. The van der Waals surface area contributed by atoms with Crippen LogP contribution in [0.1, 0.15) is 30.0 Å². The van der Waals surface area contributed by atoms with E-state index in [4.69, 9.17) is 14.2 Å². The van der Waals surface area contributed by atoms with Crippen LogP contribution in [0, 0.1) is 10.5 Å². The van der Waals surface area contributed by atoms with Crippen molar-refractivity contribution in [1.82, 2.24) is 0 Å². The Morgan fingerprint density at radius 2 is 1.96 bits per heavy atom. The third-order valence-corrected chi connectivity index (χ3v) is 4.73. The summed E-state index contributed by atoms with van der Waals surface area (Å²) in [4.78, 5) is 16.6. The van der Waals surface area contributed by atoms with Crippen molar-refractivity contribution >= 4 is 40.5 Å². The topological polar surface area (TPSA) is 57.1 Å². The quantitative estimate of drug-likeness (QED) is 0.343. The SMILES string of the molecule is CCCOc1c(I)cc(/C=C2\N=C(c3ccc(C)cc3)OC2=O)cc1OC. The van der Waals surface area contributed by atoms with Gasteiger partial charge in [-0.1, -0.05) is 24.6 Å². The number of esters is 1. The van der Waals surface area contributed by atoms with Crippen molar-refractivity contribution in [3.8, 4) is 11.5 Å². The van der Waals surface area contributed by atoms with E-state index in [2.05, 4.69) is 27.6 Å². The molecule has 2 aromatic carbocycles. The molecular formula is C21H20INO4. The molecule has 0 N–H and O–H groups in total. The molecule has 0 aromatic heterocycles. The van der Waals surface area contributed by atoms with Gasteiger partial charge in [0, 0.05) is 5.56 Å². The van der Waals surface area contributed by atoms with Crippen molar-refractivity contribution in [2.24, 2.45) is 4.99 Å². The van der Waals surface area contributed by atoms with Crippen LogP contribution in [0.15, 0.2) is 47.1 Å². The lowest BCUT2D eigenvalue weighted by atomic mass is 10.1. The lowest BCUT2D eigenvalue weighted by Crippen LogP contribution is -2.05. The maximum Gasteiger partial charge on any atom is 0.363 e. The van der Waals surface area contributed by atoms with Crippen LogP contribution in [-0.4, -0.2) is 25.6 Å². The fourth-order valence-electron chi connectivity index (χ4n) is 2.55. The summed E-state index contributed by atoms with van der Waals surface area (Å²) in [6.45, 7) is 4.66. The fourth-order valence-corrected chi connectivity index (χ4v) is 3.34. The Balaban J connectivity index is 1.92. The molecule has 0 amide bonds. The maximum atomic E-state index is 12.2. The maximum absolute atomic E-state index is 12.2. The van der Waals surface area contributed by atoms with E-state index in [1.807, 2.05) is 50.2 Å². The summed E-state index contributed by atoms with van der Waals surface area (Å²) in [5, 5.41) is 0. The lowest BCUT2D eigenvalue weighted by molar-refractivity contribution is -0.129. The normalized spacial score (nSPS) is 14.9. The van der Waals surface area contributed by atoms with Crippen LogP contribution in [0.5, 0.6) is 11.5 Å². The molecule has 0 saturated heterocycles. The molecule has 6 heteroatoms. The Labute approximate surface area is 172 Å². The van der Waals surface area contributed by atoms with Crippen LogP contribution in [0.4, 0.5) is 0 Å². The average molecular weight is 477 g/mol. The first kappa shape index (κ1) is 19.4. The monoisotopic (exact) mass is 477 g/mol. The molecule has 1 aliphatic rings. The lowest BCUT2D eigenvalue weighted by Gasteiger charge is -2.13. The van der Waals surface area contributed by atoms with Crippen molar-refractivity contribution in [2.45, 2.75) is 20.3 Å². The summed E-state index contributed by atoms with van der Waals surface area (Å²) in [6.07, 6.45) is 2.60. The van der Waals surface area contributed by atoms with Crippen LogP contribution in [0.25, 0.3) is 6.08 Å². The highest BCUT2D eigenvalue weighted by molar-refractivity contribution is 14.1. The first-order valence-corrected chi connectivity index (χ1v) is 9.69. The van der Waals surface area contributed by atoms with Gasteiger partial charge in [0.05, 0.1) is 17.3 Å².